The maximum atomic E-state index is 11.7. The van der Waals surface area contributed by atoms with Crippen LogP contribution in [0, 0.1) is 0 Å². The SMILES string of the molecule is C=CC(=O)N1CC[C@@H](N(C)c2cnc(C(N)=O)c(NC3CC3)n2)C1. The first-order valence-electron chi connectivity index (χ1n) is 8.07. The number of aromatic nitrogens is 2. The quantitative estimate of drug-likeness (QED) is 0.730. The average Bonchev–Trinajstić information content (AvgIpc) is 3.25. The van der Waals surface area contributed by atoms with Gasteiger partial charge in [-0.1, -0.05) is 6.58 Å². The van der Waals surface area contributed by atoms with E-state index in [2.05, 4.69) is 21.9 Å². The van der Waals surface area contributed by atoms with Gasteiger partial charge in [-0.2, -0.15) is 0 Å². The Bertz CT molecular complexity index is 673. The number of nitrogens with one attached hydrogen (secondary N) is 1. The van der Waals surface area contributed by atoms with E-state index in [0.29, 0.717) is 30.8 Å². The van der Waals surface area contributed by atoms with E-state index >= 15 is 0 Å². The monoisotopic (exact) mass is 330 g/mol. The van der Waals surface area contributed by atoms with Crippen LogP contribution in [0.25, 0.3) is 0 Å². The van der Waals surface area contributed by atoms with Crippen molar-refractivity contribution < 1.29 is 9.59 Å². The highest BCUT2D eigenvalue weighted by Crippen LogP contribution is 2.27. The van der Waals surface area contributed by atoms with Crippen molar-refractivity contribution in [3.05, 3.63) is 24.5 Å². The molecule has 1 atom stereocenters. The number of nitrogens with zero attached hydrogens (tertiary/aromatic N) is 4. The number of rotatable bonds is 6. The van der Waals surface area contributed by atoms with Gasteiger partial charge in [0.15, 0.2) is 11.5 Å². The van der Waals surface area contributed by atoms with Gasteiger partial charge in [-0.15, -0.1) is 0 Å². The van der Waals surface area contributed by atoms with E-state index < -0.39 is 5.91 Å². The van der Waals surface area contributed by atoms with Crippen LogP contribution in [0.1, 0.15) is 29.8 Å². The second kappa shape index (κ2) is 6.46. The molecule has 8 nitrogen and oxygen atoms in total. The normalized spacial score (nSPS) is 19.9. The molecule has 1 aliphatic heterocycles. The van der Waals surface area contributed by atoms with Crippen LogP contribution in [0.15, 0.2) is 18.9 Å². The first kappa shape index (κ1) is 16.2. The lowest BCUT2D eigenvalue weighted by molar-refractivity contribution is -0.125. The van der Waals surface area contributed by atoms with Gasteiger partial charge in [0, 0.05) is 32.2 Å². The molecule has 1 aromatic rings. The molecule has 2 amide bonds. The Balaban J connectivity index is 1.77. The molecule has 3 N–H and O–H groups in total. The molecule has 0 spiro atoms. The second-order valence-electron chi connectivity index (χ2n) is 6.25. The molecule has 1 saturated heterocycles. The van der Waals surface area contributed by atoms with E-state index in [1.165, 1.54) is 6.08 Å². The maximum Gasteiger partial charge on any atom is 0.271 e. The van der Waals surface area contributed by atoms with Gasteiger partial charge in [-0.3, -0.25) is 9.59 Å². The van der Waals surface area contributed by atoms with Crippen LogP contribution >= 0.6 is 0 Å². The van der Waals surface area contributed by atoms with Gasteiger partial charge in [-0.25, -0.2) is 9.97 Å². The Kier molecular flexibility index (Phi) is 4.37. The predicted octanol–water partition coefficient (Wildman–Crippen LogP) is 0.373. The van der Waals surface area contributed by atoms with Crippen molar-refractivity contribution in [2.24, 2.45) is 5.73 Å². The number of primary amides is 1. The highest BCUT2D eigenvalue weighted by Gasteiger charge is 2.30. The number of anilines is 2. The lowest BCUT2D eigenvalue weighted by atomic mass is 10.2. The molecule has 3 rings (SSSR count). The van der Waals surface area contributed by atoms with Gasteiger partial charge in [-0.05, 0) is 25.3 Å². The van der Waals surface area contributed by atoms with Crippen LogP contribution in [0.5, 0.6) is 0 Å². The van der Waals surface area contributed by atoms with Crippen LogP contribution in [0.3, 0.4) is 0 Å². The molecule has 0 unspecified atom stereocenters. The van der Waals surface area contributed by atoms with Crippen molar-refractivity contribution in [1.29, 1.82) is 0 Å². The number of carbonyl (C=O) groups is 2. The zero-order valence-electron chi connectivity index (χ0n) is 13.7. The number of carbonyl (C=O) groups excluding carboxylic acids is 2. The number of nitrogens with two attached hydrogens (primary N) is 1. The molecule has 0 aromatic carbocycles. The molecule has 128 valence electrons. The van der Waals surface area contributed by atoms with E-state index in [1.54, 1.807) is 11.1 Å². The minimum atomic E-state index is -0.594. The Morgan fingerprint density at radius 2 is 2.21 bits per heavy atom. The number of amides is 2. The smallest absolute Gasteiger partial charge is 0.271 e. The van der Waals surface area contributed by atoms with Crippen molar-refractivity contribution in [1.82, 2.24) is 14.9 Å². The van der Waals surface area contributed by atoms with Gasteiger partial charge in [0.2, 0.25) is 5.91 Å². The molecule has 8 heteroatoms. The third-order valence-electron chi connectivity index (χ3n) is 4.47. The lowest BCUT2D eigenvalue weighted by Gasteiger charge is -2.26. The summed E-state index contributed by atoms with van der Waals surface area (Å²) < 4.78 is 0. The Hall–Kier alpha value is -2.64. The van der Waals surface area contributed by atoms with Gasteiger partial charge in [0.1, 0.15) is 5.82 Å². The zero-order chi connectivity index (χ0) is 17.3. The predicted molar refractivity (Wildman–Crippen MR) is 90.8 cm³/mol. The van der Waals surface area contributed by atoms with Crippen molar-refractivity contribution in [3.63, 3.8) is 0 Å². The van der Waals surface area contributed by atoms with Crippen molar-refractivity contribution in [2.45, 2.75) is 31.3 Å². The molecule has 2 fully saturated rings. The van der Waals surface area contributed by atoms with E-state index in [1.807, 2.05) is 11.9 Å². The molecule has 0 bridgehead atoms. The molecule has 1 aliphatic carbocycles. The lowest BCUT2D eigenvalue weighted by Crippen LogP contribution is -2.36. The van der Waals surface area contributed by atoms with Gasteiger partial charge in [0.25, 0.3) is 5.91 Å². The number of likely N-dealkylation sites (N-methyl/N-ethyl adjacent to an activating group) is 1. The summed E-state index contributed by atoms with van der Waals surface area (Å²) in [6.45, 7) is 4.84. The Morgan fingerprint density at radius 1 is 1.46 bits per heavy atom. The summed E-state index contributed by atoms with van der Waals surface area (Å²) in [6, 6.07) is 0.488. The number of hydrogen-bond acceptors (Lipinski definition) is 6. The first-order chi connectivity index (χ1) is 11.5. The minimum absolute atomic E-state index is 0.0582. The molecule has 24 heavy (non-hydrogen) atoms. The molecular formula is C16H22N6O2. The largest absolute Gasteiger partial charge is 0.365 e. The summed E-state index contributed by atoms with van der Waals surface area (Å²) in [5.41, 5.74) is 5.54. The third-order valence-corrected chi connectivity index (χ3v) is 4.47. The van der Waals surface area contributed by atoms with Gasteiger partial charge in [0.05, 0.1) is 6.20 Å². The van der Waals surface area contributed by atoms with Crippen molar-refractivity contribution >= 4 is 23.5 Å². The summed E-state index contributed by atoms with van der Waals surface area (Å²) in [5.74, 6) is 0.438. The second-order valence-corrected chi connectivity index (χ2v) is 6.25. The zero-order valence-corrected chi connectivity index (χ0v) is 13.7. The minimum Gasteiger partial charge on any atom is -0.365 e. The van der Waals surface area contributed by atoms with Crippen LogP contribution < -0.4 is 16.0 Å². The standard InChI is InChI=1S/C16H22N6O2/c1-3-13(23)22-7-6-11(9-22)21(2)12-8-18-14(15(17)24)16(20-12)19-10-4-5-10/h3,8,10-11H,1,4-7,9H2,2H3,(H2,17,24)(H,19,20)/t11-/m1/s1. The molecule has 1 saturated carbocycles. The van der Waals surface area contributed by atoms with Crippen molar-refractivity contribution in [2.75, 3.05) is 30.4 Å². The van der Waals surface area contributed by atoms with Crippen LogP contribution in [0.4, 0.5) is 11.6 Å². The van der Waals surface area contributed by atoms with Crippen molar-refractivity contribution in [3.8, 4) is 0 Å². The van der Waals surface area contributed by atoms with Gasteiger partial charge < -0.3 is 20.9 Å². The third kappa shape index (κ3) is 3.32. The molecular weight excluding hydrogens is 308 g/mol. The highest BCUT2D eigenvalue weighted by atomic mass is 16.2. The fourth-order valence-electron chi connectivity index (χ4n) is 2.83. The average molecular weight is 330 g/mol. The first-order valence-corrected chi connectivity index (χ1v) is 8.07. The summed E-state index contributed by atoms with van der Waals surface area (Å²) >= 11 is 0. The van der Waals surface area contributed by atoms with Crippen LogP contribution in [-0.4, -0.2) is 58.9 Å². The topological polar surface area (TPSA) is 104 Å². The van der Waals surface area contributed by atoms with E-state index in [-0.39, 0.29) is 17.6 Å². The summed E-state index contributed by atoms with van der Waals surface area (Å²) in [6.07, 6.45) is 5.85. The Morgan fingerprint density at radius 3 is 2.83 bits per heavy atom. The molecule has 0 radical (unpaired) electrons. The summed E-state index contributed by atoms with van der Waals surface area (Å²) in [7, 11) is 1.92. The fourth-order valence-corrected chi connectivity index (χ4v) is 2.83. The number of hydrogen-bond donors (Lipinski definition) is 2. The van der Waals surface area contributed by atoms with E-state index in [0.717, 1.165) is 19.3 Å². The summed E-state index contributed by atoms with van der Waals surface area (Å²) in [4.78, 5) is 35.7. The fraction of sp³-hybridized carbons (Fsp3) is 0.500. The van der Waals surface area contributed by atoms with E-state index in [9.17, 15) is 9.59 Å². The van der Waals surface area contributed by atoms with Crippen LogP contribution in [0.2, 0.25) is 0 Å². The highest BCUT2D eigenvalue weighted by molar-refractivity contribution is 5.95. The summed E-state index contributed by atoms with van der Waals surface area (Å²) in [5, 5.41) is 3.21. The van der Waals surface area contributed by atoms with Gasteiger partial charge >= 0.3 is 0 Å². The molecule has 2 aliphatic rings. The Labute approximate surface area is 140 Å². The van der Waals surface area contributed by atoms with Crippen LogP contribution in [-0.2, 0) is 4.79 Å². The molecule has 2 heterocycles. The number of likely N-dealkylation sites (tertiary alicyclic amines) is 1. The van der Waals surface area contributed by atoms with E-state index in [4.69, 9.17) is 5.73 Å². The maximum absolute atomic E-state index is 11.7. The molecule has 1 aromatic heterocycles.